The lowest BCUT2D eigenvalue weighted by molar-refractivity contribution is -0.361. The molecule has 1 rings (SSSR count). The summed E-state index contributed by atoms with van der Waals surface area (Å²) in [5.74, 6) is -6.45. The molecule has 0 saturated carbocycles. The Balaban J connectivity index is 3.08. The zero-order valence-corrected chi connectivity index (χ0v) is 13.5. The number of halogens is 9. The Morgan fingerprint density at radius 2 is 1.72 bits per heavy atom. The van der Waals surface area contributed by atoms with Crippen molar-refractivity contribution in [2.75, 3.05) is 6.61 Å². The van der Waals surface area contributed by atoms with Crippen molar-refractivity contribution < 1.29 is 35.5 Å². The minimum atomic E-state index is -6.48. The lowest BCUT2D eigenvalue weighted by atomic mass is 10.2. The summed E-state index contributed by atoms with van der Waals surface area (Å²) in [4.78, 5) is 0. The second-order valence-corrected chi connectivity index (χ2v) is 5.27. The molecule has 0 aliphatic heterocycles. The molecule has 3 nitrogen and oxygen atoms in total. The van der Waals surface area contributed by atoms with Gasteiger partial charge in [0.05, 0.1) is 11.2 Å². The summed E-state index contributed by atoms with van der Waals surface area (Å²) in [6, 6.07) is -3.33. The zero-order valence-electron chi connectivity index (χ0n) is 12.0. The highest BCUT2D eigenvalue weighted by atomic mass is 35.5. The van der Waals surface area contributed by atoms with Crippen LogP contribution in [0, 0.1) is 0 Å². The predicted molar refractivity (Wildman–Crippen MR) is 78.8 cm³/mol. The number of rotatable bonds is 7. The van der Waals surface area contributed by atoms with Crippen LogP contribution in [0.5, 0.6) is 5.75 Å². The summed E-state index contributed by atoms with van der Waals surface area (Å²) in [6.07, 6.45) is -4.64. The Morgan fingerprint density at radius 1 is 1.12 bits per heavy atom. The fourth-order valence-electron chi connectivity index (χ4n) is 1.40. The topological polar surface area (TPSA) is 33.6 Å². The highest BCUT2D eigenvalue weighted by Crippen LogP contribution is 2.45. The number of nitrogens with one attached hydrogen (secondary N) is 1. The molecule has 0 amide bonds. The van der Waals surface area contributed by atoms with Gasteiger partial charge in [-0.05, 0) is 12.1 Å². The van der Waals surface area contributed by atoms with Gasteiger partial charge in [-0.15, -0.1) is 0 Å². The molecule has 140 valence electrons. The van der Waals surface area contributed by atoms with Gasteiger partial charge in [-0.3, -0.25) is 0 Å². The van der Waals surface area contributed by atoms with Crippen molar-refractivity contribution in [2.24, 2.45) is 5.10 Å². The van der Waals surface area contributed by atoms with Crippen LogP contribution in [-0.4, -0.2) is 31.0 Å². The fourth-order valence-corrected chi connectivity index (χ4v) is 1.97. The van der Waals surface area contributed by atoms with Crippen molar-refractivity contribution >= 4 is 29.4 Å². The van der Waals surface area contributed by atoms with E-state index in [0.29, 0.717) is 11.6 Å². The minimum Gasteiger partial charge on any atom is -0.487 e. The molecule has 0 aliphatic carbocycles. The molecule has 1 N–H and O–H groups in total. The minimum absolute atomic E-state index is 0.0183. The Labute approximate surface area is 147 Å². The fraction of sp³-hybridized carbons (Fsp3) is 0.308. The number of alkyl halides is 7. The molecule has 0 unspecified atom stereocenters. The van der Waals surface area contributed by atoms with E-state index in [1.165, 1.54) is 12.1 Å². The number of ether oxygens (including phenoxy) is 1. The van der Waals surface area contributed by atoms with Gasteiger partial charge in [0, 0.05) is 10.6 Å². The van der Waals surface area contributed by atoms with Crippen LogP contribution >= 0.6 is 23.2 Å². The lowest BCUT2D eigenvalue weighted by Gasteiger charge is -2.27. The van der Waals surface area contributed by atoms with Gasteiger partial charge in [0.2, 0.25) is 0 Å². The third kappa shape index (κ3) is 4.91. The van der Waals surface area contributed by atoms with Crippen molar-refractivity contribution in [1.82, 2.24) is 5.43 Å². The average molecular weight is 413 g/mol. The lowest BCUT2D eigenvalue weighted by Crippen LogP contribution is -2.58. The third-order valence-corrected chi connectivity index (χ3v) is 3.04. The number of nitrogens with zero attached hydrogens (tertiary/aromatic N) is 1. The first-order chi connectivity index (χ1) is 11.3. The van der Waals surface area contributed by atoms with Crippen molar-refractivity contribution in [1.29, 1.82) is 0 Å². The molecule has 12 heteroatoms. The molecule has 0 bridgehead atoms. The van der Waals surface area contributed by atoms with E-state index in [4.69, 9.17) is 27.9 Å². The largest absolute Gasteiger partial charge is 0.487 e. The van der Waals surface area contributed by atoms with E-state index in [-0.39, 0.29) is 28.0 Å². The van der Waals surface area contributed by atoms with E-state index in [0.717, 1.165) is 6.07 Å². The number of hydrogen-bond donors (Lipinski definition) is 1. The maximum absolute atomic E-state index is 13.1. The van der Waals surface area contributed by atoms with Crippen LogP contribution in [0.3, 0.4) is 0 Å². The number of hydrazone groups is 1. The van der Waals surface area contributed by atoms with Crippen LogP contribution in [0.2, 0.25) is 10.0 Å². The van der Waals surface area contributed by atoms with Crippen LogP contribution in [0.25, 0.3) is 0 Å². The summed E-state index contributed by atoms with van der Waals surface area (Å²) in [6.45, 7) is 3.31. The highest BCUT2D eigenvalue weighted by molar-refractivity contribution is 6.36. The third-order valence-electron chi connectivity index (χ3n) is 2.54. The van der Waals surface area contributed by atoms with E-state index in [1.807, 2.05) is 0 Å². The molecule has 0 aromatic heterocycles. The molecule has 0 fully saturated rings. The van der Waals surface area contributed by atoms with Crippen molar-refractivity contribution in [3.63, 3.8) is 0 Å². The normalized spacial score (nSPS) is 13.2. The monoisotopic (exact) mass is 412 g/mol. The molecule has 1 aromatic carbocycles. The van der Waals surface area contributed by atoms with Gasteiger partial charge in [0.1, 0.15) is 12.4 Å². The average Bonchev–Trinajstić information content (AvgIpc) is 2.44. The molecule has 25 heavy (non-hydrogen) atoms. The summed E-state index contributed by atoms with van der Waals surface area (Å²) >= 11 is 11.5. The summed E-state index contributed by atoms with van der Waals surface area (Å²) in [5, 5.41) is 2.67. The predicted octanol–water partition coefficient (Wildman–Crippen LogP) is 5.27. The van der Waals surface area contributed by atoms with Gasteiger partial charge in [0.25, 0.3) is 0 Å². The van der Waals surface area contributed by atoms with Crippen LogP contribution in [0.1, 0.15) is 5.56 Å². The summed E-state index contributed by atoms with van der Waals surface area (Å²) in [5.41, 5.74) is 0.340. The van der Waals surface area contributed by atoms with Gasteiger partial charge in [-0.2, -0.15) is 35.8 Å². The van der Waals surface area contributed by atoms with Crippen molar-refractivity contribution in [3.8, 4) is 5.75 Å². The molecule has 0 aliphatic rings. The van der Waals surface area contributed by atoms with E-state index >= 15 is 0 Å². The first kappa shape index (κ1) is 21.4. The van der Waals surface area contributed by atoms with Crippen LogP contribution in [0.4, 0.5) is 30.7 Å². The Morgan fingerprint density at radius 3 is 2.24 bits per heavy atom. The first-order valence-corrected chi connectivity index (χ1v) is 6.94. The van der Waals surface area contributed by atoms with Gasteiger partial charge >= 0.3 is 18.1 Å². The van der Waals surface area contributed by atoms with Crippen LogP contribution in [0.15, 0.2) is 29.9 Å². The molecular weight excluding hydrogens is 404 g/mol. The molecule has 0 radical (unpaired) electrons. The maximum atomic E-state index is 13.1. The SMILES string of the molecule is C=CCOc1c(Cl)cc(Cl)cc1/C=N\NC(F)(F)C(F)(F)C(F)(F)F. The van der Waals surface area contributed by atoms with Gasteiger partial charge in [-0.1, -0.05) is 35.9 Å². The van der Waals surface area contributed by atoms with E-state index in [9.17, 15) is 30.7 Å². The number of hydrogen-bond acceptors (Lipinski definition) is 3. The molecule has 0 saturated heterocycles. The van der Waals surface area contributed by atoms with Crippen LogP contribution < -0.4 is 10.2 Å². The van der Waals surface area contributed by atoms with E-state index < -0.39 is 18.1 Å². The summed E-state index contributed by atoms with van der Waals surface area (Å²) < 4.78 is 92.7. The molecular formula is C13H9Cl2F7N2O. The quantitative estimate of drug-likeness (QED) is 0.217. The first-order valence-electron chi connectivity index (χ1n) is 6.19. The van der Waals surface area contributed by atoms with E-state index in [2.05, 4.69) is 11.7 Å². The van der Waals surface area contributed by atoms with Crippen molar-refractivity contribution in [3.05, 3.63) is 40.4 Å². The molecule has 0 heterocycles. The Kier molecular flexibility index (Phi) is 6.57. The maximum Gasteiger partial charge on any atom is 0.462 e. The molecule has 0 spiro atoms. The summed E-state index contributed by atoms with van der Waals surface area (Å²) in [7, 11) is 0. The van der Waals surface area contributed by atoms with Gasteiger partial charge in [-0.25, -0.2) is 5.43 Å². The molecule has 0 atom stereocenters. The molecule has 1 aromatic rings. The van der Waals surface area contributed by atoms with Gasteiger partial charge in [0.15, 0.2) is 0 Å². The zero-order chi connectivity index (χ0) is 19.5. The highest BCUT2D eigenvalue weighted by Gasteiger charge is 2.73. The van der Waals surface area contributed by atoms with Crippen LogP contribution in [-0.2, 0) is 0 Å². The van der Waals surface area contributed by atoms with E-state index in [1.54, 1.807) is 0 Å². The van der Waals surface area contributed by atoms with Crippen molar-refractivity contribution in [2.45, 2.75) is 18.1 Å². The van der Waals surface area contributed by atoms with Gasteiger partial charge < -0.3 is 4.74 Å². The standard InChI is InChI=1S/C13H9Cl2F7N2O/c1-2-3-25-10-7(4-8(14)5-9(10)15)6-23-24-13(21,22)11(16,17)12(18,19)20/h2,4-6,24H,1,3H2/b23-6-. The Hall–Kier alpha value is -1.68. The second kappa shape index (κ2) is 7.69. The smallest absolute Gasteiger partial charge is 0.462 e. The Bertz CT molecular complexity index is 663. The number of benzene rings is 1. The second-order valence-electron chi connectivity index (χ2n) is 4.42.